The first-order valence-electron chi connectivity index (χ1n) is 6.40. The van der Waals surface area contributed by atoms with Gasteiger partial charge >= 0.3 is 0 Å². The molecule has 92 valence electrons. The summed E-state index contributed by atoms with van der Waals surface area (Å²) in [6.07, 6.45) is 1.66. The monoisotopic (exact) mass is 232 g/mol. The number of benzene rings is 1. The van der Waals surface area contributed by atoms with Gasteiger partial charge in [-0.15, -0.1) is 0 Å². The fourth-order valence-electron chi connectivity index (χ4n) is 3.30. The summed E-state index contributed by atoms with van der Waals surface area (Å²) in [7, 11) is 0. The number of hydrogen-bond donors (Lipinski definition) is 1. The molecule has 3 rings (SSSR count). The van der Waals surface area contributed by atoms with E-state index in [2.05, 4.69) is 26.8 Å². The predicted octanol–water partition coefficient (Wildman–Crippen LogP) is 2.68. The largest absolute Gasteiger partial charge is 0.388 e. The summed E-state index contributed by atoms with van der Waals surface area (Å²) in [5.41, 5.74) is 6.58. The first kappa shape index (κ1) is 11.2. The van der Waals surface area contributed by atoms with E-state index in [1.807, 2.05) is 0 Å². The van der Waals surface area contributed by atoms with Gasteiger partial charge in [0.2, 0.25) is 0 Å². The zero-order valence-electron chi connectivity index (χ0n) is 10.8. The molecule has 0 saturated carbocycles. The fourth-order valence-corrected chi connectivity index (χ4v) is 3.30. The summed E-state index contributed by atoms with van der Waals surface area (Å²) >= 11 is 0. The van der Waals surface area contributed by atoms with Gasteiger partial charge in [-0.3, -0.25) is 0 Å². The molecular weight excluding hydrogens is 212 g/mol. The Labute approximate surface area is 103 Å². The average Bonchev–Trinajstić information content (AvgIpc) is 2.53. The Balaban J connectivity index is 2.20. The van der Waals surface area contributed by atoms with Gasteiger partial charge in [-0.2, -0.15) is 0 Å². The van der Waals surface area contributed by atoms with Crippen LogP contribution in [0.5, 0.6) is 0 Å². The SMILES string of the molecule is Cc1cc2c(c3c1CCOC3)CC(C)(C)[C@H]2O. The van der Waals surface area contributed by atoms with Gasteiger partial charge in [0.25, 0.3) is 0 Å². The van der Waals surface area contributed by atoms with Gasteiger partial charge in [0.15, 0.2) is 0 Å². The molecule has 2 aliphatic rings. The smallest absolute Gasteiger partial charge is 0.0846 e. The Bertz CT molecular complexity index is 474. The van der Waals surface area contributed by atoms with Crippen LogP contribution in [0.2, 0.25) is 0 Å². The second-order valence-corrected chi connectivity index (χ2v) is 6.09. The molecule has 0 radical (unpaired) electrons. The Morgan fingerprint density at radius 3 is 2.82 bits per heavy atom. The molecule has 1 aliphatic heterocycles. The second kappa shape index (κ2) is 3.56. The maximum Gasteiger partial charge on any atom is 0.0846 e. The van der Waals surface area contributed by atoms with Crippen LogP contribution in [0.15, 0.2) is 6.07 Å². The van der Waals surface area contributed by atoms with Crippen LogP contribution in [0.25, 0.3) is 0 Å². The normalized spacial score (nSPS) is 25.5. The molecule has 0 aromatic heterocycles. The van der Waals surface area contributed by atoms with Crippen LogP contribution in [0, 0.1) is 12.3 Å². The third-order valence-electron chi connectivity index (χ3n) is 4.34. The fraction of sp³-hybridized carbons (Fsp3) is 0.600. The maximum atomic E-state index is 10.4. The summed E-state index contributed by atoms with van der Waals surface area (Å²) in [6.45, 7) is 8.00. The highest BCUT2D eigenvalue weighted by atomic mass is 16.5. The molecule has 1 atom stereocenters. The Kier molecular flexibility index (Phi) is 2.36. The van der Waals surface area contributed by atoms with Gasteiger partial charge in [0.1, 0.15) is 0 Å². The van der Waals surface area contributed by atoms with E-state index in [9.17, 15) is 5.11 Å². The van der Waals surface area contributed by atoms with Crippen LogP contribution < -0.4 is 0 Å². The number of rotatable bonds is 0. The molecule has 17 heavy (non-hydrogen) atoms. The quantitative estimate of drug-likeness (QED) is 0.745. The lowest BCUT2D eigenvalue weighted by molar-refractivity contribution is 0.0665. The van der Waals surface area contributed by atoms with Gasteiger partial charge in [-0.25, -0.2) is 0 Å². The lowest BCUT2D eigenvalue weighted by atomic mass is 9.87. The Hall–Kier alpha value is -0.860. The van der Waals surface area contributed by atoms with E-state index < -0.39 is 0 Å². The third kappa shape index (κ3) is 1.54. The van der Waals surface area contributed by atoms with E-state index in [1.54, 1.807) is 0 Å². The Morgan fingerprint density at radius 1 is 1.29 bits per heavy atom. The second-order valence-electron chi connectivity index (χ2n) is 6.09. The summed E-state index contributed by atoms with van der Waals surface area (Å²) in [4.78, 5) is 0. The van der Waals surface area contributed by atoms with E-state index in [-0.39, 0.29) is 11.5 Å². The van der Waals surface area contributed by atoms with Gasteiger partial charge in [-0.1, -0.05) is 19.9 Å². The van der Waals surface area contributed by atoms with Crippen molar-refractivity contribution in [1.82, 2.24) is 0 Å². The number of aliphatic hydroxyl groups excluding tert-OH is 1. The molecule has 0 fully saturated rings. The van der Waals surface area contributed by atoms with Crippen molar-refractivity contribution in [2.24, 2.45) is 5.41 Å². The summed E-state index contributed by atoms with van der Waals surface area (Å²) in [5.74, 6) is 0. The minimum absolute atomic E-state index is 0.0403. The zero-order chi connectivity index (χ0) is 12.2. The summed E-state index contributed by atoms with van der Waals surface area (Å²) < 4.78 is 5.60. The molecule has 0 amide bonds. The van der Waals surface area contributed by atoms with Crippen LogP contribution in [0.3, 0.4) is 0 Å². The van der Waals surface area contributed by atoms with Crippen molar-refractivity contribution >= 4 is 0 Å². The average molecular weight is 232 g/mol. The molecule has 0 unspecified atom stereocenters. The lowest BCUT2D eigenvalue weighted by Crippen LogP contribution is -2.17. The number of hydrogen-bond acceptors (Lipinski definition) is 2. The van der Waals surface area contributed by atoms with Crippen molar-refractivity contribution in [1.29, 1.82) is 0 Å². The van der Waals surface area contributed by atoms with E-state index in [0.717, 1.165) is 31.6 Å². The molecule has 1 aromatic carbocycles. The molecule has 1 heterocycles. The molecule has 0 saturated heterocycles. The highest BCUT2D eigenvalue weighted by Crippen LogP contribution is 2.48. The van der Waals surface area contributed by atoms with Crippen LogP contribution in [0.1, 0.15) is 47.8 Å². The van der Waals surface area contributed by atoms with Crippen molar-refractivity contribution in [3.05, 3.63) is 33.9 Å². The van der Waals surface area contributed by atoms with Crippen molar-refractivity contribution in [3.63, 3.8) is 0 Å². The highest BCUT2D eigenvalue weighted by molar-refractivity contribution is 5.50. The van der Waals surface area contributed by atoms with E-state index in [1.165, 1.54) is 22.3 Å². The minimum Gasteiger partial charge on any atom is -0.388 e. The van der Waals surface area contributed by atoms with Crippen molar-refractivity contribution in [3.8, 4) is 0 Å². The third-order valence-corrected chi connectivity index (χ3v) is 4.34. The number of aryl methyl sites for hydroxylation is 1. The molecule has 0 spiro atoms. The molecule has 2 nitrogen and oxygen atoms in total. The van der Waals surface area contributed by atoms with E-state index in [4.69, 9.17) is 4.74 Å². The number of fused-ring (bicyclic) bond motifs is 3. The topological polar surface area (TPSA) is 29.5 Å². The van der Waals surface area contributed by atoms with Crippen molar-refractivity contribution < 1.29 is 9.84 Å². The number of aliphatic hydroxyl groups is 1. The molecule has 2 heteroatoms. The maximum absolute atomic E-state index is 10.4. The summed E-state index contributed by atoms with van der Waals surface area (Å²) in [5, 5.41) is 10.4. The Morgan fingerprint density at radius 2 is 2.06 bits per heavy atom. The number of ether oxygens (including phenoxy) is 1. The van der Waals surface area contributed by atoms with Crippen LogP contribution in [0.4, 0.5) is 0 Å². The van der Waals surface area contributed by atoms with Crippen LogP contribution in [-0.2, 0) is 24.2 Å². The first-order valence-corrected chi connectivity index (χ1v) is 6.40. The van der Waals surface area contributed by atoms with Gasteiger partial charge in [-0.05, 0) is 53.0 Å². The zero-order valence-corrected chi connectivity index (χ0v) is 10.8. The van der Waals surface area contributed by atoms with Gasteiger partial charge < -0.3 is 9.84 Å². The molecule has 0 bridgehead atoms. The molecule has 1 N–H and O–H groups in total. The van der Waals surface area contributed by atoms with E-state index in [0.29, 0.717) is 0 Å². The van der Waals surface area contributed by atoms with Crippen molar-refractivity contribution in [2.75, 3.05) is 6.61 Å². The first-order chi connectivity index (χ1) is 8.00. The molecule has 1 aromatic rings. The van der Waals surface area contributed by atoms with E-state index >= 15 is 0 Å². The van der Waals surface area contributed by atoms with Crippen LogP contribution in [-0.4, -0.2) is 11.7 Å². The van der Waals surface area contributed by atoms with Crippen molar-refractivity contribution in [2.45, 2.75) is 46.3 Å². The van der Waals surface area contributed by atoms with Gasteiger partial charge in [0, 0.05) is 0 Å². The van der Waals surface area contributed by atoms with Crippen LogP contribution >= 0.6 is 0 Å². The minimum atomic E-state index is -0.330. The standard InChI is InChI=1S/C15H20O2/c1-9-6-11-12(7-15(2,3)14(11)16)13-8-17-5-4-10(9)13/h6,14,16H,4-5,7-8H2,1-3H3/t14-/m0/s1. The highest BCUT2D eigenvalue weighted by Gasteiger charge is 2.40. The lowest BCUT2D eigenvalue weighted by Gasteiger charge is -2.22. The predicted molar refractivity (Wildman–Crippen MR) is 67.0 cm³/mol. The molecular formula is C15H20O2. The summed E-state index contributed by atoms with van der Waals surface area (Å²) in [6, 6.07) is 2.19. The molecule has 1 aliphatic carbocycles. The van der Waals surface area contributed by atoms with Gasteiger partial charge in [0.05, 0.1) is 19.3 Å².